The molecule has 162 valence electrons. The van der Waals surface area contributed by atoms with E-state index >= 15 is 0 Å². The SMILES string of the molecule is O=C(CCCCCCCCCCCCC(=O)c1ccccc1O)c1ccccc1O. The molecule has 4 heteroatoms. The van der Waals surface area contributed by atoms with Crippen molar-refractivity contribution in [1.82, 2.24) is 0 Å². The van der Waals surface area contributed by atoms with E-state index in [9.17, 15) is 19.8 Å². The Morgan fingerprint density at radius 1 is 0.500 bits per heavy atom. The highest BCUT2D eigenvalue weighted by molar-refractivity contribution is 5.98. The lowest BCUT2D eigenvalue weighted by Crippen LogP contribution is -1.99. The van der Waals surface area contributed by atoms with Crippen LogP contribution in [0.2, 0.25) is 0 Å². The molecule has 2 aromatic carbocycles. The third-order valence-corrected chi connectivity index (χ3v) is 5.47. The van der Waals surface area contributed by atoms with Crippen molar-refractivity contribution in [3.8, 4) is 11.5 Å². The van der Waals surface area contributed by atoms with Crippen LogP contribution in [0.4, 0.5) is 0 Å². The number of rotatable bonds is 15. The third kappa shape index (κ3) is 8.40. The normalized spacial score (nSPS) is 10.8. The summed E-state index contributed by atoms with van der Waals surface area (Å²) in [5.41, 5.74) is 0.861. The van der Waals surface area contributed by atoms with Crippen LogP contribution in [0.1, 0.15) is 97.8 Å². The minimum Gasteiger partial charge on any atom is -0.507 e. The number of carbonyl (C=O) groups excluding carboxylic acids is 2. The van der Waals surface area contributed by atoms with Crippen molar-refractivity contribution >= 4 is 11.6 Å². The predicted octanol–water partition coefficient (Wildman–Crippen LogP) is 6.84. The van der Waals surface area contributed by atoms with Crippen molar-refractivity contribution in [2.75, 3.05) is 0 Å². The van der Waals surface area contributed by atoms with Crippen LogP contribution in [0.5, 0.6) is 11.5 Å². The van der Waals surface area contributed by atoms with Gasteiger partial charge in [-0.25, -0.2) is 0 Å². The van der Waals surface area contributed by atoms with Crippen LogP contribution in [0.15, 0.2) is 48.5 Å². The highest BCUT2D eigenvalue weighted by Gasteiger charge is 2.10. The molecule has 0 unspecified atom stereocenters. The van der Waals surface area contributed by atoms with Crippen molar-refractivity contribution in [3.63, 3.8) is 0 Å². The summed E-state index contributed by atoms with van der Waals surface area (Å²) >= 11 is 0. The Hall–Kier alpha value is -2.62. The van der Waals surface area contributed by atoms with Gasteiger partial charge in [0.15, 0.2) is 11.6 Å². The average molecular weight is 411 g/mol. The summed E-state index contributed by atoms with van der Waals surface area (Å²) in [5.74, 6) is 0.193. The molecule has 0 heterocycles. The van der Waals surface area contributed by atoms with E-state index in [0.29, 0.717) is 24.0 Å². The molecule has 0 aliphatic carbocycles. The first-order valence-corrected chi connectivity index (χ1v) is 11.2. The standard InChI is InChI=1S/C26H34O4/c27-23(21-15-11-13-19-25(21)29)17-9-7-5-3-1-2-4-6-8-10-18-24(28)22-16-12-14-20-26(22)30/h11-16,19-20,29-30H,1-10,17-18H2. The molecule has 0 amide bonds. The molecule has 0 aliphatic heterocycles. The van der Waals surface area contributed by atoms with E-state index in [1.54, 1.807) is 48.5 Å². The average Bonchev–Trinajstić information content (AvgIpc) is 2.74. The van der Waals surface area contributed by atoms with Gasteiger partial charge in [-0.15, -0.1) is 0 Å². The molecule has 0 radical (unpaired) electrons. The maximum atomic E-state index is 12.1. The van der Waals surface area contributed by atoms with Crippen LogP contribution in [0.3, 0.4) is 0 Å². The summed E-state index contributed by atoms with van der Waals surface area (Å²) < 4.78 is 0. The molecule has 0 bridgehead atoms. The van der Waals surface area contributed by atoms with E-state index in [0.717, 1.165) is 38.5 Å². The van der Waals surface area contributed by atoms with Gasteiger partial charge in [0.1, 0.15) is 11.5 Å². The summed E-state index contributed by atoms with van der Waals surface area (Å²) in [6, 6.07) is 13.5. The van der Waals surface area contributed by atoms with Crippen LogP contribution in [0.25, 0.3) is 0 Å². The lowest BCUT2D eigenvalue weighted by molar-refractivity contribution is 0.0968. The lowest BCUT2D eigenvalue weighted by Gasteiger charge is -2.05. The Labute approximate surface area is 180 Å². The van der Waals surface area contributed by atoms with Gasteiger partial charge in [0.05, 0.1) is 11.1 Å². The van der Waals surface area contributed by atoms with E-state index in [2.05, 4.69) is 0 Å². The fraction of sp³-hybridized carbons (Fsp3) is 0.462. The first-order valence-electron chi connectivity index (χ1n) is 11.2. The number of para-hydroxylation sites is 2. The number of aromatic hydroxyl groups is 2. The van der Waals surface area contributed by atoms with Crippen molar-refractivity contribution < 1.29 is 19.8 Å². The Balaban J connectivity index is 1.41. The summed E-state index contributed by atoms with van der Waals surface area (Å²) in [6.45, 7) is 0. The van der Waals surface area contributed by atoms with Crippen molar-refractivity contribution in [3.05, 3.63) is 59.7 Å². The third-order valence-electron chi connectivity index (χ3n) is 5.47. The number of phenols is 2. The quantitative estimate of drug-likeness (QED) is 0.249. The van der Waals surface area contributed by atoms with Gasteiger partial charge >= 0.3 is 0 Å². The number of unbranched alkanes of at least 4 members (excludes halogenated alkanes) is 9. The molecular weight excluding hydrogens is 376 g/mol. The predicted molar refractivity (Wildman–Crippen MR) is 120 cm³/mol. The monoisotopic (exact) mass is 410 g/mol. The van der Waals surface area contributed by atoms with Crippen LogP contribution >= 0.6 is 0 Å². The number of ketones is 2. The second-order valence-electron chi connectivity index (χ2n) is 7.92. The highest BCUT2D eigenvalue weighted by Crippen LogP contribution is 2.20. The fourth-order valence-electron chi connectivity index (χ4n) is 3.67. The van der Waals surface area contributed by atoms with Crippen LogP contribution < -0.4 is 0 Å². The van der Waals surface area contributed by atoms with Gasteiger partial charge in [0.2, 0.25) is 0 Å². The first-order chi connectivity index (χ1) is 14.6. The number of hydrogen-bond acceptors (Lipinski definition) is 4. The zero-order chi connectivity index (χ0) is 21.6. The van der Waals surface area contributed by atoms with Gasteiger partial charge in [-0.05, 0) is 37.1 Å². The molecule has 2 rings (SSSR count). The second-order valence-corrected chi connectivity index (χ2v) is 7.92. The molecule has 0 aliphatic rings. The van der Waals surface area contributed by atoms with Gasteiger partial charge in [-0.2, -0.15) is 0 Å². The molecule has 0 saturated heterocycles. The van der Waals surface area contributed by atoms with E-state index in [1.807, 2.05) is 0 Å². The number of hydrogen-bond donors (Lipinski definition) is 2. The zero-order valence-corrected chi connectivity index (χ0v) is 17.8. The van der Waals surface area contributed by atoms with E-state index in [-0.39, 0.29) is 23.1 Å². The Morgan fingerprint density at radius 2 is 0.800 bits per heavy atom. The molecular formula is C26H34O4. The van der Waals surface area contributed by atoms with Crippen molar-refractivity contribution in [2.45, 2.75) is 77.0 Å². The molecule has 30 heavy (non-hydrogen) atoms. The molecule has 0 saturated carbocycles. The van der Waals surface area contributed by atoms with E-state index in [4.69, 9.17) is 0 Å². The summed E-state index contributed by atoms with van der Waals surface area (Å²) in [4.78, 5) is 24.1. The van der Waals surface area contributed by atoms with E-state index in [1.165, 1.54) is 25.7 Å². The Bertz CT molecular complexity index is 730. The summed E-state index contributed by atoms with van der Waals surface area (Å²) in [5, 5.41) is 19.4. The zero-order valence-electron chi connectivity index (χ0n) is 17.8. The van der Waals surface area contributed by atoms with Gasteiger partial charge < -0.3 is 10.2 Å². The number of phenolic OH excluding ortho intramolecular Hbond substituents is 2. The van der Waals surface area contributed by atoms with E-state index < -0.39 is 0 Å². The maximum Gasteiger partial charge on any atom is 0.166 e. The minimum atomic E-state index is 0.0223. The maximum absolute atomic E-state index is 12.1. The fourth-order valence-corrected chi connectivity index (χ4v) is 3.67. The Morgan fingerprint density at radius 3 is 1.13 bits per heavy atom. The number of benzene rings is 2. The lowest BCUT2D eigenvalue weighted by atomic mass is 10.0. The summed E-state index contributed by atoms with van der Waals surface area (Å²) in [6.07, 6.45) is 11.9. The first kappa shape index (κ1) is 23.7. The summed E-state index contributed by atoms with van der Waals surface area (Å²) in [7, 11) is 0. The molecule has 2 aromatic rings. The highest BCUT2D eigenvalue weighted by atomic mass is 16.3. The van der Waals surface area contributed by atoms with Gasteiger partial charge in [0.25, 0.3) is 0 Å². The number of carbonyl (C=O) groups is 2. The Kier molecular flexibility index (Phi) is 10.7. The van der Waals surface area contributed by atoms with Gasteiger partial charge in [-0.3, -0.25) is 9.59 Å². The van der Waals surface area contributed by atoms with Crippen molar-refractivity contribution in [1.29, 1.82) is 0 Å². The smallest absolute Gasteiger partial charge is 0.166 e. The van der Waals surface area contributed by atoms with Crippen molar-refractivity contribution in [2.24, 2.45) is 0 Å². The van der Waals surface area contributed by atoms with Crippen LogP contribution in [-0.2, 0) is 0 Å². The molecule has 0 fully saturated rings. The topological polar surface area (TPSA) is 74.6 Å². The minimum absolute atomic E-state index is 0.0223. The van der Waals surface area contributed by atoms with Gasteiger partial charge in [0, 0.05) is 12.8 Å². The van der Waals surface area contributed by atoms with Crippen LogP contribution in [-0.4, -0.2) is 21.8 Å². The second kappa shape index (κ2) is 13.6. The van der Waals surface area contributed by atoms with Crippen LogP contribution in [0, 0.1) is 0 Å². The van der Waals surface area contributed by atoms with Gasteiger partial charge in [-0.1, -0.05) is 75.6 Å². The molecule has 0 spiro atoms. The molecule has 4 nitrogen and oxygen atoms in total. The number of Topliss-reactive ketones (excluding diaryl/α,β-unsaturated/α-hetero) is 2. The molecule has 2 N–H and O–H groups in total. The molecule has 0 aromatic heterocycles. The largest absolute Gasteiger partial charge is 0.507 e. The molecule has 0 atom stereocenters.